The molecule has 2 aromatic heterocycles. The standard InChI is InChI=1S/C16H21N5O/c1-16(2)12(20-15(16)22)10-4-7-21(8-5-10)14-11-3-6-17-13(11)18-9-19-14/h3,6,9-10,12H,4-5,7-8H2,1-2H3,(H,20,22)(H,17,18,19). The normalized spacial score (nSPS) is 25.1. The van der Waals surface area contributed by atoms with E-state index in [2.05, 4.69) is 39.0 Å². The molecule has 6 heteroatoms. The van der Waals surface area contributed by atoms with Gasteiger partial charge in [0.2, 0.25) is 5.91 Å². The Morgan fingerprint density at radius 2 is 2.05 bits per heavy atom. The van der Waals surface area contributed by atoms with Gasteiger partial charge in [0, 0.05) is 25.3 Å². The lowest BCUT2D eigenvalue weighted by atomic mass is 9.68. The van der Waals surface area contributed by atoms with E-state index in [4.69, 9.17) is 0 Å². The van der Waals surface area contributed by atoms with Crippen molar-refractivity contribution in [2.45, 2.75) is 32.7 Å². The Morgan fingerprint density at radius 3 is 2.73 bits per heavy atom. The summed E-state index contributed by atoms with van der Waals surface area (Å²) in [5, 5.41) is 4.18. The summed E-state index contributed by atoms with van der Waals surface area (Å²) in [4.78, 5) is 25.9. The topological polar surface area (TPSA) is 73.9 Å². The molecule has 0 spiro atoms. The fourth-order valence-corrected chi connectivity index (χ4v) is 3.83. The van der Waals surface area contributed by atoms with E-state index in [1.54, 1.807) is 6.33 Å². The maximum Gasteiger partial charge on any atom is 0.228 e. The van der Waals surface area contributed by atoms with Crippen LogP contribution in [0.25, 0.3) is 11.0 Å². The van der Waals surface area contributed by atoms with Crippen molar-refractivity contribution in [1.82, 2.24) is 20.3 Å². The minimum Gasteiger partial charge on any atom is -0.356 e. The minimum absolute atomic E-state index is 0.185. The zero-order valence-electron chi connectivity index (χ0n) is 13.0. The van der Waals surface area contributed by atoms with Crippen molar-refractivity contribution >= 4 is 22.8 Å². The largest absolute Gasteiger partial charge is 0.356 e. The van der Waals surface area contributed by atoms with E-state index in [-0.39, 0.29) is 11.3 Å². The molecule has 2 aliphatic heterocycles. The monoisotopic (exact) mass is 299 g/mol. The van der Waals surface area contributed by atoms with Crippen LogP contribution in [0.3, 0.4) is 0 Å². The lowest BCUT2D eigenvalue weighted by Crippen LogP contribution is -2.67. The van der Waals surface area contributed by atoms with Crippen molar-refractivity contribution in [3.63, 3.8) is 0 Å². The molecule has 4 rings (SSSR count). The Kier molecular flexibility index (Phi) is 2.89. The highest BCUT2D eigenvalue weighted by Gasteiger charge is 2.50. The summed E-state index contributed by atoms with van der Waals surface area (Å²) in [6.07, 6.45) is 5.70. The highest BCUT2D eigenvalue weighted by atomic mass is 16.2. The van der Waals surface area contributed by atoms with Crippen LogP contribution in [-0.2, 0) is 4.79 Å². The van der Waals surface area contributed by atoms with Crippen LogP contribution in [0.1, 0.15) is 26.7 Å². The average molecular weight is 299 g/mol. The molecule has 2 aromatic rings. The van der Waals surface area contributed by atoms with Gasteiger partial charge in [-0.3, -0.25) is 4.79 Å². The summed E-state index contributed by atoms with van der Waals surface area (Å²) in [7, 11) is 0. The number of aromatic amines is 1. The molecule has 116 valence electrons. The zero-order valence-corrected chi connectivity index (χ0v) is 13.0. The van der Waals surface area contributed by atoms with Crippen molar-refractivity contribution in [1.29, 1.82) is 0 Å². The van der Waals surface area contributed by atoms with Crippen molar-refractivity contribution in [2.24, 2.45) is 11.3 Å². The van der Waals surface area contributed by atoms with Crippen molar-refractivity contribution < 1.29 is 4.79 Å². The van der Waals surface area contributed by atoms with Gasteiger partial charge in [-0.15, -0.1) is 0 Å². The first kappa shape index (κ1) is 13.5. The maximum absolute atomic E-state index is 11.7. The quantitative estimate of drug-likeness (QED) is 0.828. The third-order valence-corrected chi connectivity index (χ3v) is 5.29. The SMILES string of the molecule is CC1(C)C(=O)NC1C1CCN(c2ncnc3[nH]ccc23)CC1. The molecule has 4 heterocycles. The van der Waals surface area contributed by atoms with Gasteiger partial charge in [-0.1, -0.05) is 0 Å². The maximum atomic E-state index is 11.7. The summed E-state index contributed by atoms with van der Waals surface area (Å²) >= 11 is 0. The number of nitrogens with zero attached hydrogens (tertiary/aromatic N) is 3. The predicted octanol–water partition coefficient (Wildman–Crippen LogP) is 1.70. The van der Waals surface area contributed by atoms with Crippen LogP contribution >= 0.6 is 0 Å². The summed E-state index contributed by atoms with van der Waals surface area (Å²) in [5.41, 5.74) is 0.676. The first-order valence-corrected chi connectivity index (χ1v) is 7.91. The van der Waals surface area contributed by atoms with Crippen LogP contribution in [0.4, 0.5) is 5.82 Å². The lowest BCUT2D eigenvalue weighted by molar-refractivity contribution is -0.145. The van der Waals surface area contributed by atoms with E-state index in [1.807, 2.05) is 12.3 Å². The fourth-order valence-electron chi connectivity index (χ4n) is 3.83. The van der Waals surface area contributed by atoms with E-state index < -0.39 is 0 Å². The molecule has 1 atom stereocenters. The van der Waals surface area contributed by atoms with Crippen LogP contribution in [0.2, 0.25) is 0 Å². The molecule has 0 radical (unpaired) electrons. The van der Waals surface area contributed by atoms with Crippen LogP contribution in [0, 0.1) is 11.3 Å². The first-order chi connectivity index (χ1) is 10.6. The molecule has 2 saturated heterocycles. The number of H-pyrrole nitrogens is 1. The molecule has 2 fully saturated rings. The van der Waals surface area contributed by atoms with Crippen molar-refractivity contribution in [2.75, 3.05) is 18.0 Å². The summed E-state index contributed by atoms with van der Waals surface area (Å²) in [6.45, 7) is 6.06. The van der Waals surface area contributed by atoms with Gasteiger partial charge in [0.05, 0.1) is 10.8 Å². The van der Waals surface area contributed by atoms with Gasteiger partial charge in [0.1, 0.15) is 17.8 Å². The molecule has 0 aliphatic carbocycles. The number of carbonyl (C=O) groups is 1. The van der Waals surface area contributed by atoms with Gasteiger partial charge in [-0.05, 0) is 38.7 Å². The number of hydrogen-bond donors (Lipinski definition) is 2. The number of β-lactam (4-membered cyclic amide) rings is 1. The van der Waals surface area contributed by atoms with Crippen molar-refractivity contribution in [3.05, 3.63) is 18.6 Å². The van der Waals surface area contributed by atoms with Crippen molar-refractivity contribution in [3.8, 4) is 0 Å². The minimum atomic E-state index is -0.213. The van der Waals surface area contributed by atoms with Crippen LogP contribution < -0.4 is 10.2 Å². The number of nitrogens with one attached hydrogen (secondary N) is 2. The number of fused-ring (bicyclic) bond motifs is 1. The average Bonchev–Trinajstić information content (AvgIpc) is 3.01. The molecule has 2 aliphatic rings. The Labute approximate surface area is 129 Å². The molecular weight excluding hydrogens is 278 g/mol. The number of anilines is 1. The van der Waals surface area contributed by atoms with Crippen LogP contribution in [0.5, 0.6) is 0 Å². The molecule has 0 bridgehead atoms. The Morgan fingerprint density at radius 1 is 1.27 bits per heavy atom. The second kappa shape index (κ2) is 4.69. The van der Waals surface area contributed by atoms with Gasteiger partial charge in [-0.2, -0.15) is 0 Å². The molecule has 0 aromatic carbocycles. The van der Waals surface area contributed by atoms with Gasteiger partial charge in [-0.25, -0.2) is 9.97 Å². The number of rotatable bonds is 2. The Balaban J connectivity index is 1.48. The number of hydrogen-bond acceptors (Lipinski definition) is 4. The smallest absolute Gasteiger partial charge is 0.228 e. The third kappa shape index (κ3) is 1.90. The van der Waals surface area contributed by atoms with Crippen LogP contribution in [0.15, 0.2) is 18.6 Å². The predicted molar refractivity (Wildman–Crippen MR) is 84.5 cm³/mol. The molecular formula is C16H21N5O. The molecule has 22 heavy (non-hydrogen) atoms. The summed E-state index contributed by atoms with van der Waals surface area (Å²) in [6, 6.07) is 2.35. The lowest BCUT2D eigenvalue weighted by Gasteiger charge is -2.50. The van der Waals surface area contributed by atoms with Crippen LogP contribution in [-0.4, -0.2) is 40.0 Å². The highest BCUT2D eigenvalue weighted by molar-refractivity contribution is 5.89. The number of amides is 1. The Bertz CT molecular complexity index is 714. The molecule has 1 amide bonds. The number of piperidine rings is 1. The fraction of sp³-hybridized carbons (Fsp3) is 0.562. The molecule has 0 saturated carbocycles. The van der Waals surface area contributed by atoms with E-state index in [0.29, 0.717) is 12.0 Å². The molecule has 2 N–H and O–H groups in total. The number of aromatic nitrogens is 3. The Hall–Kier alpha value is -2.11. The molecule has 6 nitrogen and oxygen atoms in total. The van der Waals surface area contributed by atoms with Gasteiger partial charge >= 0.3 is 0 Å². The van der Waals surface area contributed by atoms with E-state index in [9.17, 15) is 4.79 Å². The van der Waals surface area contributed by atoms with E-state index in [1.165, 1.54) is 0 Å². The summed E-state index contributed by atoms with van der Waals surface area (Å²) < 4.78 is 0. The van der Waals surface area contributed by atoms with Gasteiger partial charge < -0.3 is 15.2 Å². The second-order valence-corrected chi connectivity index (χ2v) is 6.93. The highest BCUT2D eigenvalue weighted by Crippen LogP contribution is 2.39. The molecule has 1 unspecified atom stereocenters. The number of carbonyl (C=O) groups excluding carboxylic acids is 1. The van der Waals surface area contributed by atoms with E-state index >= 15 is 0 Å². The zero-order chi connectivity index (χ0) is 15.3. The second-order valence-electron chi connectivity index (χ2n) is 6.93. The third-order valence-electron chi connectivity index (χ3n) is 5.29. The first-order valence-electron chi connectivity index (χ1n) is 7.91. The van der Waals surface area contributed by atoms with E-state index in [0.717, 1.165) is 42.8 Å². The van der Waals surface area contributed by atoms with Gasteiger partial charge in [0.15, 0.2) is 0 Å². The van der Waals surface area contributed by atoms with Gasteiger partial charge in [0.25, 0.3) is 0 Å². The summed E-state index contributed by atoms with van der Waals surface area (Å²) in [5.74, 6) is 1.76.